The van der Waals surface area contributed by atoms with Crippen molar-refractivity contribution in [2.45, 2.75) is 0 Å². The van der Waals surface area contributed by atoms with Crippen molar-refractivity contribution in [1.29, 1.82) is 0 Å². The zero-order chi connectivity index (χ0) is 15.8. The first-order valence-electron chi connectivity index (χ1n) is 6.52. The topological polar surface area (TPSA) is 59.9 Å². The van der Waals surface area contributed by atoms with Crippen LogP contribution in [0.2, 0.25) is 0 Å². The van der Waals surface area contributed by atoms with Crippen LogP contribution in [-0.4, -0.2) is 25.8 Å². The van der Waals surface area contributed by atoms with E-state index in [0.29, 0.717) is 5.75 Å². The smallest absolute Gasteiger partial charge is 0.277 e. The molecule has 22 heavy (non-hydrogen) atoms. The Kier molecular flexibility index (Phi) is 5.97. The van der Waals surface area contributed by atoms with E-state index in [4.69, 9.17) is 9.47 Å². The second kappa shape index (κ2) is 8.19. The van der Waals surface area contributed by atoms with Crippen LogP contribution in [0.4, 0.5) is 0 Å². The summed E-state index contributed by atoms with van der Waals surface area (Å²) in [5, 5.41) is 3.88. The maximum atomic E-state index is 11.6. The number of hydrogen-bond acceptors (Lipinski definition) is 4. The van der Waals surface area contributed by atoms with Gasteiger partial charge in [-0.1, -0.05) is 34.1 Å². The first kappa shape index (κ1) is 16.0. The molecule has 0 saturated heterocycles. The molecule has 1 amide bonds. The van der Waals surface area contributed by atoms with Crippen molar-refractivity contribution in [1.82, 2.24) is 5.43 Å². The molecule has 0 atom stereocenters. The SMILES string of the molecule is COc1cccc(/C=N/NC(=O)COc2cccc(Br)c2)c1. The van der Waals surface area contributed by atoms with Crippen molar-refractivity contribution in [3.63, 3.8) is 0 Å². The fourth-order valence-corrected chi connectivity index (χ4v) is 2.02. The molecule has 0 bridgehead atoms. The summed E-state index contributed by atoms with van der Waals surface area (Å²) in [7, 11) is 1.59. The highest BCUT2D eigenvalue weighted by Gasteiger charge is 2.01. The van der Waals surface area contributed by atoms with Gasteiger partial charge in [0, 0.05) is 4.47 Å². The third-order valence-corrected chi connectivity index (χ3v) is 3.16. The Morgan fingerprint density at radius 3 is 2.77 bits per heavy atom. The zero-order valence-electron chi connectivity index (χ0n) is 12.0. The Morgan fingerprint density at radius 1 is 1.23 bits per heavy atom. The fourth-order valence-electron chi connectivity index (χ4n) is 1.64. The van der Waals surface area contributed by atoms with Gasteiger partial charge in [-0.15, -0.1) is 0 Å². The quantitative estimate of drug-likeness (QED) is 0.634. The number of hydrogen-bond donors (Lipinski definition) is 1. The summed E-state index contributed by atoms with van der Waals surface area (Å²) < 4.78 is 11.3. The highest BCUT2D eigenvalue weighted by atomic mass is 79.9. The van der Waals surface area contributed by atoms with Crippen LogP contribution in [0.15, 0.2) is 58.1 Å². The molecule has 0 unspecified atom stereocenters. The van der Waals surface area contributed by atoms with Gasteiger partial charge in [-0.3, -0.25) is 4.79 Å². The molecule has 2 aromatic rings. The summed E-state index contributed by atoms with van der Waals surface area (Å²) in [6, 6.07) is 14.6. The lowest BCUT2D eigenvalue weighted by atomic mass is 10.2. The van der Waals surface area contributed by atoms with Gasteiger partial charge in [-0.25, -0.2) is 5.43 Å². The summed E-state index contributed by atoms with van der Waals surface area (Å²) in [6.45, 7) is -0.105. The third kappa shape index (κ3) is 5.21. The summed E-state index contributed by atoms with van der Waals surface area (Å²) in [6.07, 6.45) is 1.54. The average molecular weight is 363 g/mol. The Hall–Kier alpha value is -2.34. The standard InChI is InChI=1S/C16H15BrN2O3/c1-21-14-6-2-4-12(8-14)10-18-19-16(20)11-22-15-7-3-5-13(17)9-15/h2-10H,11H2,1H3,(H,19,20)/b18-10+. The molecule has 0 aliphatic rings. The van der Waals surface area contributed by atoms with Gasteiger partial charge in [0.2, 0.25) is 0 Å². The summed E-state index contributed by atoms with van der Waals surface area (Å²) in [5.41, 5.74) is 3.23. The molecule has 0 spiro atoms. The van der Waals surface area contributed by atoms with E-state index in [2.05, 4.69) is 26.5 Å². The Bertz CT molecular complexity index is 674. The van der Waals surface area contributed by atoms with E-state index >= 15 is 0 Å². The lowest BCUT2D eigenvalue weighted by Gasteiger charge is -2.05. The van der Waals surface area contributed by atoms with Crippen LogP contribution in [0.1, 0.15) is 5.56 Å². The average Bonchev–Trinajstić information content (AvgIpc) is 2.53. The molecule has 0 aliphatic carbocycles. The molecular formula is C16H15BrN2O3. The highest BCUT2D eigenvalue weighted by molar-refractivity contribution is 9.10. The van der Waals surface area contributed by atoms with Crippen LogP contribution in [0.5, 0.6) is 11.5 Å². The number of ether oxygens (including phenoxy) is 2. The first-order chi connectivity index (χ1) is 10.7. The molecule has 114 valence electrons. The van der Waals surface area contributed by atoms with Crippen LogP contribution < -0.4 is 14.9 Å². The van der Waals surface area contributed by atoms with E-state index in [0.717, 1.165) is 15.8 Å². The maximum Gasteiger partial charge on any atom is 0.277 e. The number of carbonyl (C=O) groups is 1. The van der Waals surface area contributed by atoms with Gasteiger partial charge >= 0.3 is 0 Å². The molecule has 2 aromatic carbocycles. The van der Waals surface area contributed by atoms with Crippen molar-refractivity contribution in [3.05, 3.63) is 58.6 Å². The van der Waals surface area contributed by atoms with Gasteiger partial charge in [-0.2, -0.15) is 5.10 Å². The third-order valence-electron chi connectivity index (χ3n) is 2.66. The van der Waals surface area contributed by atoms with Gasteiger partial charge in [-0.05, 0) is 35.9 Å². The number of nitrogens with zero attached hydrogens (tertiary/aromatic N) is 1. The molecular weight excluding hydrogens is 348 g/mol. The molecule has 0 aromatic heterocycles. The molecule has 0 saturated carbocycles. The largest absolute Gasteiger partial charge is 0.497 e. The number of hydrazone groups is 1. The summed E-state index contributed by atoms with van der Waals surface area (Å²) in [4.78, 5) is 11.6. The van der Waals surface area contributed by atoms with Crippen molar-refractivity contribution < 1.29 is 14.3 Å². The van der Waals surface area contributed by atoms with E-state index < -0.39 is 0 Å². The Labute approximate surface area is 137 Å². The number of nitrogens with one attached hydrogen (secondary N) is 1. The van der Waals surface area contributed by atoms with Crippen LogP contribution in [0, 0.1) is 0 Å². The Balaban J connectivity index is 1.81. The van der Waals surface area contributed by atoms with Crippen LogP contribution in [0.25, 0.3) is 0 Å². The minimum atomic E-state index is -0.334. The number of methoxy groups -OCH3 is 1. The van der Waals surface area contributed by atoms with E-state index in [9.17, 15) is 4.79 Å². The van der Waals surface area contributed by atoms with E-state index in [1.54, 1.807) is 25.5 Å². The van der Waals surface area contributed by atoms with Crippen molar-refractivity contribution >= 4 is 28.1 Å². The van der Waals surface area contributed by atoms with Gasteiger partial charge in [0.25, 0.3) is 5.91 Å². The second-order valence-corrected chi connectivity index (χ2v) is 5.23. The lowest BCUT2D eigenvalue weighted by molar-refractivity contribution is -0.123. The normalized spacial score (nSPS) is 10.5. The minimum Gasteiger partial charge on any atom is -0.497 e. The molecule has 5 nitrogen and oxygen atoms in total. The van der Waals surface area contributed by atoms with Crippen LogP contribution in [-0.2, 0) is 4.79 Å². The maximum absolute atomic E-state index is 11.6. The number of amides is 1. The molecule has 1 N–H and O–H groups in total. The molecule has 2 rings (SSSR count). The van der Waals surface area contributed by atoms with Crippen molar-refractivity contribution in [2.24, 2.45) is 5.10 Å². The monoisotopic (exact) mass is 362 g/mol. The number of benzene rings is 2. The lowest BCUT2D eigenvalue weighted by Crippen LogP contribution is -2.24. The fraction of sp³-hybridized carbons (Fsp3) is 0.125. The summed E-state index contributed by atoms with van der Waals surface area (Å²) in [5.74, 6) is 1.01. The molecule has 0 aliphatic heterocycles. The van der Waals surface area contributed by atoms with Gasteiger partial charge in [0.15, 0.2) is 6.61 Å². The number of carbonyl (C=O) groups excluding carboxylic acids is 1. The van der Waals surface area contributed by atoms with Gasteiger partial charge < -0.3 is 9.47 Å². The molecule has 0 radical (unpaired) electrons. The predicted molar refractivity (Wildman–Crippen MR) is 88.4 cm³/mol. The number of rotatable bonds is 6. The second-order valence-electron chi connectivity index (χ2n) is 4.32. The van der Waals surface area contributed by atoms with Crippen LogP contribution >= 0.6 is 15.9 Å². The highest BCUT2D eigenvalue weighted by Crippen LogP contribution is 2.17. The number of halogens is 1. The Morgan fingerprint density at radius 2 is 2.00 bits per heavy atom. The predicted octanol–water partition coefficient (Wildman–Crippen LogP) is 2.99. The zero-order valence-corrected chi connectivity index (χ0v) is 13.5. The van der Waals surface area contributed by atoms with E-state index in [-0.39, 0.29) is 12.5 Å². The van der Waals surface area contributed by atoms with Gasteiger partial charge in [0.05, 0.1) is 13.3 Å². The minimum absolute atomic E-state index is 0.105. The molecule has 0 fully saturated rings. The van der Waals surface area contributed by atoms with E-state index in [1.807, 2.05) is 36.4 Å². The van der Waals surface area contributed by atoms with Gasteiger partial charge in [0.1, 0.15) is 11.5 Å². The van der Waals surface area contributed by atoms with E-state index in [1.165, 1.54) is 0 Å². The van der Waals surface area contributed by atoms with Crippen molar-refractivity contribution in [2.75, 3.05) is 13.7 Å². The summed E-state index contributed by atoms with van der Waals surface area (Å²) >= 11 is 3.33. The van der Waals surface area contributed by atoms with Crippen molar-refractivity contribution in [3.8, 4) is 11.5 Å². The molecule has 0 heterocycles. The van der Waals surface area contributed by atoms with Crippen LogP contribution in [0.3, 0.4) is 0 Å². The molecule has 6 heteroatoms. The first-order valence-corrected chi connectivity index (χ1v) is 7.31.